The van der Waals surface area contributed by atoms with E-state index >= 15 is 0 Å². The first-order chi connectivity index (χ1) is 7.04. The van der Waals surface area contributed by atoms with Crippen LogP contribution in [0.3, 0.4) is 0 Å². The molecular weight excluding hydrogens is 214 g/mol. The number of nitrogens with two attached hydrogens (primary N) is 2. The number of rotatable bonds is 3. The predicted octanol–water partition coefficient (Wildman–Crippen LogP) is 1.57. The Labute approximate surface area is 93.9 Å². The molecule has 1 rings (SSSR count). The van der Waals surface area contributed by atoms with E-state index in [1.807, 2.05) is 26.0 Å². The third-order valence-corrected chi connectivity index (χ3v) is 2.56. The molecule has 0 atom stereocenters. The van der Waals surface area contributed by atoms with Crippen LogP contribution < -0.4 is 16.3 Å². The van der Waals surface area contributed by atoms with E-state index in [4.69, 9.17) is 27.9 Å². The lowest BCUT2D eigenvalue weighted by Crippen LogP contribution is -2.22. The molecule has 0 spiro atoms. The molecule has 1 aromatic rings. The fraction of sp³-hybridized carbons (Fsp3) is 0.300. The topological polar surface area (TPSA) is 73.6 Å². The second-order valence-corrected chi connectivity index (χ2v) is 3.66. The highest BCUT2D eigenvalue weighted by Gasteiger charge is 2.03. The zero-order chi connectivity index (χ0) is 11.4. The monoisotopic (exact) mass is 227 g/mol. The Morgan fingerprint density at radius 2 is 1.93 bits per heavy atom. The van der Waals surface area contributed by atoms with E-state index in [1.54, 1.807) is 0 Å². The average molecular weight is 228 g/mol. The zero-order valence-corrected chi connectivity index (χ0v) is 9.51. The lowest BCUT2D eigenvalue weighted by atomic mass is 10.1. The Kier molecular flexibility index (Phi) is 3.80. The number of amidine groups is 1. The van der Waals surface area contributed by atoms with Crippen molar-refractivity contribution in [1.82, 2.24) is 0 Å². The van der Waals surface area contributed by atoms with E-state index in [9.17, 15) is 0 Å². The van der Waals surface area contributed by atoms with Crippen LogP contribution in [0.1, 0.15) is 11.1 Å². The summed E-state index contributed by atoms with van der Waals surface area (Å²) in [6.45, 7) is 4.02. The highest BCUT2D eigenvalue weighted by Crippen LogP contribution is 2.25. The fourth-order valence-corrected chi connectivity index (χ4v) is 1.29. The summed E-state index contributed by atoms with van der Waals surface area (Å²) in [5.74, 6) is 5.94. The summed E-state index contributed by atoms with van der Waals surface area (Å²) < 4.78 is 5.38. The summed E-state index contributed by atoms with van der Waals surface area (Å²) in [7, 11) is 0. The van der Waals surface area contributed by atoms with Crippen LogP contribution in [-0.2, 0) is 0 Å². The number of hydrazone groups is 1. The Balaban J connectivity index is 2.79. The van der Waals surface area contributed by atoms with Crippen LogP contribution in [0.2, 0.25) is 5.02 Å². The van der Waals surface area contributed by atoms with Gasteiger partial charge in [-0.05, 0) is 37.1 Å². The van der Waals surface area contributed by atoms with E-state index in [1.165, 1.54) is 0 Å². The van der Waals surface area contributed by atoms with Crippen LogP contribution >= 0.6 is 11.6 Å². The molecule has 0 aliphatic rings. The van der Waals surface area contributed by atoms with Crippen molar-refractivity contribution in [3.05, 3.63) is 28.3 Å². The molecule has 0 aliphatic carbocycles. The standard InChI is InChI=1S/C10H14ClN3O/c1-6-3-8(4-7(2)10(6)11)15-5-9(12)14-13/h3-4H,5,13H2,1-2H3,(H2,12,14). The van der Waals surface area contributed by atoms with Crippen LogP contribution in [0, 0.1) is 13.8 Å². The summed E-state index contributed by atoms with van der Waals surface area (Å²) in [6.07, 6.45) is 0. The van der Waals surface area contributed by atoms with E-state index in [-0.39, 0.29) is 12.4 Å². The first kappa shape index (κ1) is 11.7. The second-order valence-electron chi connectivity index (χ2n) is 3.28. The number of hydrogen-bond acceptors (Lipinski definition) is 3. The SMILES string of the molecule is Cc1cc(OC/C(N)=N/N)cc(C)c1Cl. The molecule has 0 saturated heterocycles. The number of halogens is 1. The van der Waals surface area contributed by atoms with Gasteiger partial charge in [-0.2, -0.15) is 5.10 Å². The maximum absolute atomic E-state index is 6.02. The van der Waals surface area contributed by atoms with Crippen molar-refractivity contribution in [3.8, 4) is 5.75 Å². The van der Waals surface area contributed by atoms with Crippen molar-refractivity contribution in [2.45, 2.75) is 13.8 Å². The molecule has 0 aromatic heterocycles. The summed E-state index contributed by atoms with van der Waals surface area (Å²) >= 11 is 6.02. The highest BCUT2D eigenvalue weighted by atomic mass is 35.5. The molecule has 0 bridgehead atoms. The van der Waals surface area contributed by atoms with Crippen LogP contribution in [-0.4, -0.2) is 12.4 Å². The van der Waals surface area contributed by atoms with E-state index in [2.05, 4.69) is 5.10 Å². The first-order valence-electron chi connectivity index (χ1n) is 4.46. The molecule has 4 nitrogen and oxygen atoms in total. The van der Waals surface area contributed by atoms with Gasteiger partial charge in [-0.15, -0.1) is 0 Å². The lowest BCUT2D eigenvalue weighted by molar-refractivity contribution is 0.374. The van der Waals surface area contributed by atoms with Gasteiger partial charge in [-0.1, -0.05) is 11.6 Å². The van der Waals surface area contributed by atoms with Gasteiger partial charge >= 0.3 is 0 Å². The van der Waals surface area contributed by atoms with Gasteiger partial charge in [-0.25, -0.2) is 0 Å². The van der Waals surface area contributed by atoms with Gasteiger partial charge in [0.15, 0.2) is 5.84 Å². The summed E-state index contributed by atoms with van der Waals surface area (Å²) in [5.41, 5.74) is 7.34. The zero-order valence-electron chi connectivity index (χ0n) is 8.75. The van der Waals surface area contributed by atoms with Gasteiger partial charge in [0.05, 0.1) is 0 Å². The quantitative estimate of drug-likeness (QED) is 0.356. The molecule has 0 radical (unpaired) electrons. The highest BCUT2D eigenvalue weighted by molar-refractivity contribution is 6.32. The summed E-state index contributed by atoms with van der Waals surface area (Å²) in [5, 5.41) is 4.06. The summed E-state index contributed by atoms with van der Waals surface area (Å²) in [6, 6.07) is 3.69. The molecule has 0 amide bonds. The number of hydrogen-bond donors (Lipinski definition) is 2. The Morgan fingerprint density at radius 3 is 2.40 bits per heavy atom. The van der Waals surface area contributed by atoms with Crippen molar-refractivity contribution < 1.29 is 4.74 Å². The minimum atomic E-state index is 0.178. The Hall–Kier alpha value is -1.42. The molecule has 5 heteroatoms. The normalized spacial score (nSPS) is 11.5. The Morgan fingerprint density at radius 1 is 1.40 bits per heavy atom. The van der Waals surface area contributed by atoms with Crippen molar-refractivity contribution >= 4 is 17.4 Å². The number of benzene rings is 1. The number of aryl methyl sites for hydroxylation is 2. The van der Waals surface area contributed by atoms with Gasteiger partial charge in [0.2, 0.25) is 0 Å². The molecule has 0 heterocycles. The van der Waals surface area contributed by atoms with Crippen molar-refractivity contribution in [2.24, 2.45) is 16.7 Å². The van der Waals surface area contributed by atoms with Gasteiger partial charge in [0, 0.05) is 5.02 Å². The largest absolute Gasteiger partial charge is 0.486 e. The van der Waals surface area contributed by atoms with Gasteiger partial charge in [0.25, 0.3) is 0 Å². The lowest BCUT2D eigenvalue weighted by Gasteiger charge is -2.09. The fourth-order valence-electron chi connectivity index (χ4n) is 1.18. The van der Waals surface area contributed by atoms with Gasteiger partial charge < -0.3 is 16.3 Å². The van der Waals surface area contributed by atoms with Gasteiger partial charge in [-0.3, -0.25) is 0 Å². The first-order valence-corrected chi connectivity index (χ1v) is 4.84. The Bertz CT molecular complexity index is 367. The third kappa shape index (κ3) is 3.02. The maximum Gasteiger partial charge on any atom is 0.157 e. The average Bonchev–Trinajstić information content (AvgIpc) is 2.22. The van der Waals surface area contributed by atoms with Crippen molar-refractivity contribution in [2.75, 3.05) is 6.61 Å². The molecular formula is C10H14ClN3O. The minimum Gasteiger partial charge on any atom is -0.486 e. The third-order valence-electron chi connectivity index (χ3n) is 1.96. The maximum atomic E-state index is 6.02. The molecule has 15 heavy (non-hydrogen) atoms. The van der Waals surface area contributed by atoms with E-state index < -0.39 is 0 Å². The van der Waals surface area contributed by atoms with Crippen LogP contribution in [0.4, 0.5) is 0 Å². The number of nitrogens with zero attached hydrogens (tertiary/aromatic N) is 1. The van der Waals surface area contributed by atoms with Crippen molar-refractivity contribution in [3.63, 3.8) is 0 Å². The molecule has 0 unspecified atom stereocenters. The van der Waals surface area contributed by atoms with E-state index in [0.29, 0.717) is 5.75 Å². The van der Waals surface area contributed by atoms with Crippen LogP contribution in [0.25, 0.3) is 0 Å². The smallest absolute Gasteiger partial charge is 0.157 e. The predicted molar refractivity (Wildman–Crippen MR) is 62.2 cm³/mol. The van der Waals surface area contributed by atoms with Crippen LogP contribution in [0.5, 0.6) is 5.75 Å². The minimum absolute atomic E-state index is 0.178. The summed E-state index contributed by atoms with van der Waals surface area (Å²) in [4.78, 5) is 0. The molecule has 4 N–H and O–H groups in total. The molecule has 1 aromatic carbocycles. The molecule has 0 fully saturated rings. The van der Waals surface area contributed by atoms with E-state index in [0.717, 1.165) is 16.1 Å². The molecule has 0 saturated carbocycles. The molecule has 82 valence electrons. The van der Waals surface area contributed by atoms with Crippen molar-refractivity contribution in [1.29, 1.82) is 0 Å². The second kappa shape index (κ2) is 4.89. The van der Waals surface area contributed by atoms with Gasteiger partial charge in [0.1, 0.15) is 12.4 Å². The van der Waals surface area contributed by atoms with Crippen LogP contribution in [0.15, 0.2) is 17.2 Å². The number of ether oxygens (including phenoxy) is 1. The molecule has 0 aliphatic heterocycles.